The van der Waals surface area contributed by atoms with Gasteiger partial charge < -0.3 is 24.4 Å². The zero-order valence-electron chi connectivity index (χ0n) is 17.0. The fourth-order valence-electron chi connectivity index (χ4n) is 3.30. The molecule has 0 unspecified atom stereocenters. The number of ether oxygens (including phenoxy) is 3. The van der Waals surface area contributed by atoms with Crippen LogP contribution in [-0.4, -0.2) is 44.8 Å². The number of urea groups is 1. The van der Waals surface area contributed by atoms with E-state index in [-0.39, 0.29) is 6.03 Å². The van der Waals surface area contributed by atoms with E-state index in [1.54, 1.807) is 14.2 Å². The average molecular weight is 384 g/mol. The number of amides is 2. The first-order valence-corrected chi connectivity index (χ1v) is 9.48. The largest absolute Gasteiger partial charge is 0.493 e. The van der Waals surface area contributed by atoms with Gasteiger partial charge in [0, 0.05) is 13.1 Å². The molecule has 0 atom stereocenters. The molecule has 0 fully saturated rings. The number of aryl methyl sites for hydroxylation is 2. The van der Waals surface area contributed by atoms with Crippen molar-refractivity contribution < 1.29 is 19.0 Å². The first-order valence-electron chi connectivity index (χ1n) is 9.48. The molecule has 2 amide bonds. The predicted molar refractivity (Wildman–Crippen MR) is 108 cm³/mol. The predicted octanol–water partition coefficient (Wildman–Crippen LogP) is 3.47. The van der Waals surface area contributed by atoms with Crippen LogP contribution in [0.5, 0.6) is 17.2 Å². The summed E-state index contributed by atoms with van der Waals surface area (Å²) >= 11 is 0. The van der Waals surface area contributed by atoms with Crippen LogP contribution in [0.25, 0.3) is 0 Å². The van der Waals surface area contributed by atoms with Gasteiger partial charge in [0.15, 0.2) is 11.5 Å². The van der Waals surface area contributed by atoms with Gasteiger partial charge in [0.05, 0.1) is 20.8 Å². The summed E-state index contributed by atoms with van der Waals surface area (Å²) in [4.78, 5) is 14.3. The van der Waals surface area contributed by atoms with Gasteiger partial charge in [0.25, 0.3) is 0 Å². The van der Waals surface area contributed by atoms with Gasteiger partial charge in [-0.25, -0.2) is 4.79 Å². The molecule has 1 aliphatic rings. The Balaban J connectivity index is 1.51. The molecule has 0 bridgehead atoms. The Bertz CT molecular complexity index is 851. The lowest BCUT2D eigenvalue weighted by atomic mass is 9.99. The third-order valence-corrected chi connectivity index (χ3v) is 5.13. The Morgan fingerprint density at radius 1 is 1.04 bits per heavy atom. The van der Waals surface area contributed by atoms with E-state index in [2.05, 4.69) is 19.2 Å². The lowest BCUT2D eigenvalue weighted by Crippen LogP contribution is -2.43. The van der Waals surface area contributed by atoms with Crippen molar-refractivity contribution >= 4 is 6.03 Å². The van der Waals surface area contributed by atoms with E-state index < -0.39 is 0 Å². The van der Waals surface area contributed by atoms with Crippen molar-refractivity contribution in [3.05, 3.63) is 52.6 Å². The van der Waals surface area contributed by atoms with Crippen LogP contribution in [0.1, 0.15) is 22.3 Å². The molecule has 2 aromatic rings. The maximum Gasteiger partial charge on any atom is 0.317 e. The lowest BCUT2D eigenvalue weighted by Gasteiger charge is -2.29. The second-order valence-corrected chi connectivity index (χ2v) is 6.97. The molecule has 1 aliphatic heterocycles. The summed E-state index contributed by atoms with van der Waals surface area (Å²) in [6.45, 7) is 6.25. The highest BCUT2D eigenvalue weighted by Gasteiger charge is 2.22. The van der Waals surface area contributed by atoms with Crippen molar-refractivity contribution in [2.45, 2.75) is 26.8 Å². The van der Waals surface area contributed by atoms with E-state index in [0.29, 0.717) is 32.0 Å². The van der Waals surface area contributed by atoms with Crippen molar-refractivity contribution in [2.75, 3.05) is 33.9 Å². The standard InChI is InChI=1S/C22H28N2O4/c1-15-5-6-19(11-16(15)2)28-10-8-23-22(25)24-9-7-17-12-20(26-3)21(27-4)13-18(17)14-24/h5-6,11-13H,7-10,14H2,1-4H3,(H,23,25). The third kappa shape index (κ3) is 4.50. The van der Waals surface area contributed by atoms with E-state index in [4.69, 9.17) is 14.2 Å². The van der Waals surface area contributed by atoms with Crippen LogP contribution in [0, 0.1) is 13.8 Å². The number of benzene rings is 2. The lowest BCUT2D eigenvalue weighted by molar-refractivity contribution is 0.189. The van der Waals surface area contributed by atoms with E-state index >= 15 is 0 Å². The molecule has 0 saturated heterocycles. The highest BCUT2D eigenvalue weighted by atomic mass is 16.5. The highest BCUT2D eigenvalue weighted by molar-refractivity contribution is 5.74. The van der Waals surface area contributed by atoms with Crippen LogP contribution in [0.4, 0.5) is 4.79 Å². The highest BCUT2D eigenvalue weighted by Crippen LogP contribution is 2.33. The van der Waals surface area contributed by atoms with Crippen molar-refractivity contribution in [3.63, 3.8) is 0 Å². The number of carbonyl (C=O) groups excluding carboxylic acids is 1. The topological polar surface area (TPSA) is 60.0 Å². The molecule has 0 saturated carbocycles. The second-order valence-electron chi connectivity index (χ2n) is 6.97. The minimum atomic E-state index is -0.0795. The average Bonchev–Trinajstić information content (AvgIpc) is 2.71. The summed E-state index contributed by atoms with van der Waals surface area (Å²) in [7, 11) is 3.25. The molecule has 0 radical (unpaired) electrons. The van der Waals surface area contributed by atoms with Gasteiger partial charge in [-0.3, -0.25) is 0 Å². The number of hydrogen-bond donors (Lipinski definition) is 1. The Hall–Kier alpha value is -2.89. The van der Waals surface area contributed by atoms with Crippen LogP contribution in [0.3, 0.4) is 0 Å². The molecule has 1 heterocycles. The van der Waals surface area contributed by atoms with Crippen molar-refractivity contribution in [1.82, 2.24) is 10.2 Å². The summed E-state index contributed by atoms with van der Waals surface area (Å²) in [5.41, 5.74) is 4.71. The normalized spacial score (nSPS) is 12.9. The summed E-state index contributed by atoms with van der Waals surface area (Å²) in [5, 5.41) is 2.94. The van der Waals surface area contributed by atoms with Crippen LogP contribution in [0.2, 0.25) is 0 Å². The first kappa shape index (κ1) is 19.9. The molecule has 3 rings (SSSR count). The Morgan fingerprint density at radius 3 is 2.43 bits per heavy atom. The number of methoxy groups -OCH3 is 2. The molecule has 28 heavy (non-hydrogen) atoms. The van der Waals surface area contributed by atoms with Gasteiger partial charge in [-0.2, -0.15) is 0 Å². The van der Waals surface area contributed by atoms with Gasteiger partial charge in [0.2, 0.25) is 0 Å². The smallest absolute Gasteiger partial charge is 0.317 e. The molecule has 1 N–H and O–H groups in total. The maximum atomic E-state index is 12.5. The summed E-state index contributed by atoms with van der Waals surface area (Å²) in [6, 6.07) is 9.88. The zero-order valence-corrected chi connectivity index (χ0v) is 17.0. The third-order valence-electron chi connectivity index (χ3n) is 5.13. The van der Waals surface area contributed by atoms with Gasteiger partial charge >= 0.3 is 6.03 Å². The number of hydrogen-bond acceptors (Lipinski definition) is 4. The summed E-state index contributed by atoms with van der Waals surface area (Å²) in [6.07, 6.45) is 0.794. The fourth-order valence-corrected chi connectivity index (χ4v) is 3.30. The van der Waals surface area contributed by atoms with Gasteiger partial charge in [-0.15, -0.1) is 0 Å². The van der Waals surface area contributed by atoms with Crippen LogP contribution >= 0.6 is 0 Å². The molecule has 0 aliphatic carbocycles. The molecule has 0 spiro atoms. The Kier molecular flexibility index (Phi) is 6.29. The van der Waals surface area contributed by atoms with Crippen molar-refractivity contribution in [1.29, 1.82) is 0 Å². The maximum absolute atomic E-state index is 12.5. The first-order chi connectivity index (χ1) is 13.5. The van der Waals surface area contributed by atoms with Crippen LogP contribution in [-0.2, 0) is 13.0 Å². The van der Waals surface area contributed by atoms with Crippen molar-refractivity contribution in [2.24, 2.45) is 0 Å². The molecular weight excluding hydrogens is 356 g/mol. The molecule has 6 nitrogen and oxygen atoms in total. The number of nitrogens with zero attached hydrogens (tertiary/aromatic N) is 1. The van der Waals surface area contributed by atoms with Crippen LogP contribution < -0.4 is 19.5 Å². The SMILES string of the molecule is COc1cc2c(cc1OC)CN(C(=O)NCCOc1ccc(C)c(C)c1)CC2. The summed E-state index contributed by atoms with van der Waals surface area (Å²) in [5.74, 6) is 2.23. The number of rotatable bonds is 6. The fraction of sp³-hybridized carbons (Fsp3) is 0.409. The number of fused-ring (bicyclic) bond motifs is 1. The second kappa shape index (κ2) is 8.87. The zero-order chi connectivity index (χ0) is 20.1. The van der Waals surface area contributed by atoms with Gasteiger partial charge in [-0.05, 0) is 66.8 Å². The molecule has 2 aromatic carbocycles. The minimum Gasteiger partial charge on any atom is -0.493 e. The monoisotopic (exact) mass is 384 g/mol. The minimum absolute atomic E-state index is 0.0795. The molecule has 6 heteroatoms. The Labute approximate surface area is 166 Å². The number of nitrogens with one attached hydrogen (secondary N) is 1. The molecular formula is C22H28N2O4. The van der Waals surface area contributed by atoms with E-state index in [1.807, 2.05) is 35.2 Å². The van der Waals surface area contributed by atoms with Gasteiger partial charge in [0.1, 0.15) is 12.4 Å². The molecule has 150 valence electrons. The van der Waals surface area contributed by atoms with E-state index in [9.17, 15) is 4.79 Å². The van der Waals surface area contributed by atoms with Gasteiger partial charge in [-0.1, -0.05) is 6.07 Å². The summed E-state index contributed by atoms with van der Waals surface area (Å²) < 4.78 is 16.5. The van der Waals surface area contributed by atoms with Crippen molar-refractivity contribution in [3.8, 4) is 17.2 Å². The Morgan fingerprint density at radius 2 is 1.75 bits per heavy atom. The van der Waals surface area contributed by atoms with E-state index in [1.165, 1.54) is 16.7 Å². The van der Waals surface area contributed by atoms with E-state index in [0.717, 1.165) is 23.5 Å². The quantitative estimate of drug-likeness (QED) is 0.775. The molecule has 0 aromatic heterocycles. The van der Waals surface area contributed by atoms with Crippen LogP contribution in [0.15, 0.2) is 30.3 Å². The number of carbonyl (C=O) groups is 1.